The van der Waals surface area contributed by atoms with E-state index in [0.717, 1.165) is 6.42 Å². The normalized spacial score (nSPS) is 21.6. The van der Waals surface area contributed by atoms with Crippen molar-refractivity contribution in [3.05, 3.63) is 11.1 Å². The van der Waals surface area contributed by atoms with E-state index < -0.39 is 12.0 Å². The number of anilines is 1. The zero-order valence-corrected chi connectivity index (χ0v) is 12.8. The molecule has 7 nitrogen and oxygen atoms in total. The highest BCUT2D eigenvalue weighted by atomic mass is 32.1. The van der Waals surface area contributed by atoms with E-state index >= 15 is 0 Å². The van der Waals surface area contributed by atoms with Crippen LogP contribution in [0.5, 0.6) is 0 Å². The first-order valence-electron chi connectivity index (χ1n) is 7.33. The Labute approximate surface area is 131 Å². The van der Waals surface area contributed by atoms with Gasteiger partial charge in [0.15, 0.2) is 5.13 Å². The number of aromatic nitrogens is 1. The number of hydrogen-bond donors (Lipinski definition) is 1. The zero-order chi connectivity index (χ0) is 15.7. The van der Waals surface area contributed by atoms with Crippen LogP contribution in [0.4, 0.5) is 5.13 Å². The Morgan fingerprint density at radius 2 is 2.18 bits per heavy atom. The molecule has 0 saturated carbocycles. The quantitative estimate of drug-likeness (QED) is 0.888. The molecule has 1 atom stereocenters. The molecule has 0 unspecified atom stereocenters. The molecule has 1 N–H and O–H groups in total. The summed E-state index contributed by atoms with van der Waals surface area (Å²) in [6, 6.07) is -0.717. The van der Waals surface area contributed by atoms with Gasteiger partial charge in [0.2, 0.25) is 11.8 Å². The number of amides is 2. The topological polar surface area (TPSA) is 90.8 Å². The van der Waals surface area contributed by atoms with E-state index in [-0.39, 0.29) is 18.2 Å². The number of likely N-dealkylation sites (tertiary alicyclic amines) is 1. The van der Waals surface area contributed by atoms with Crippen molar-refractivity contribution in [2.45, 2.75) is 38.1 Å². The summed E-state index contributed by atoms with van der Waals surface area (Å²) in [5, 5.41) is 11.5. The van der Waals surface area contributed by atoms with Crippen molar-refractivity contribution in [2.24, 2.45) is 0 Å². The van der Waals surface area contributed by atoms with Gasteiger partial charge in [-0.05, 0) is 19.3 Å². The van der Waals surface area contributed by atoms with Gasteiger partial charge in [0, 0.05) is 24.9 Å². The molecule has 8 heteroatoms. The van der Waals surface area contributed by atoms with Crippen molar-refractivity contribution in [3.63, 3.8) is 0 Å². The first-order valence-corrected chi connectivity index (χ1v) is 8.21. The molecule has 1 aromatic heterocycles. The van der Waals surface area contributed by atoms with Crippen molar-refractivity contribution in [2.75, 3.05) is 18.0 Å². The van der Waals surface area contributed by atoms with Crippen LogP contribution in [0.15, 0.2) is 5.38 Å². The number of hydrogen-bond acceptors (Lipinski definition) is 5. The van der Waals surface area contributed by atoms with Crippen LogP contribution in [-0.4, -0.2) is 51.9 Å². The Balaban J connectivity index is 1.66. The van der Waals surface area contributed by atoms with E-state index in [4.69, 9.17) is 5.11 Å². The van der Waals surface area contributed by atoms with E-state index in [9.17, 15) is 14.4 Å². The maximum absolute atomic E-state index is 12.3. The van der Waals surface area contributed by atoms with Crippen molar-refractivity contribution >= 4 is 34.3 Å². The molecule has 0 radical (unpaired) electrons. The summed E-state index contributed by atoms with van der Waals surface area (Å²) in [6.45, 7) is 1.16. The van der Waals surface area contributed by atoms with Crippen molar-refractivity contribution in [1.82, 2.24) is 9.88 Å². The molecule has 2 aliphatic heterocycles. The van der Waals surface area contributed by atoms with Crippen LogP contribution in [0.2, 0.25) is 0 Å². The van der Waals surface area contributed by atoms with Gasteiger partial charge < -0.3 is 10.0 Å². The second kappa shape index (κ2) is 6.04. The van der Waals surface area contributed by atoms with Crippen LogP contribution in [0.3, 0.4) is 0 Å². The van der Waals surface area contributed by atoms with E-state index in [2.05, 4.69) is 4.98 Å². The highest BCUT2D eigenvalue weighted by molar-refractivity contribution is 7.14. The predicted octanol–water partition coefficient (Wildman–Crippen LogP) is 0.888. The Kier molecular flexibility index (Phi) is 4.10. The molecule has 1 aromatic rings. The van der Waals surface area contributed by atoms with Crippen LogP contribution in [0.25, 0.3) is 0 Å². The Morgan fingerprint density at radius 1 is 1.36 bits per heavy atom. The smallest absolute Gasteiger partial charge is 0.326 e. The van der Waals surface area contributed by atoms with Gasteiger partial charge in [-0.25, -0.2) is 9.78 Å². The van der Waals surface area contributed by atoms with Gasteiger partial charge >= 0.3 is 5.97 Å². The first kappa shape index (κ1) is 15.0. The molecule has 3 heterocycles. The molecular formula is C14H17N3O4S. The van der Waals surface area contributed by atoms with Gasteiger partial charge in [0.05, 0.1) is 12.1 Å². The lowest BCUT2D eigenvalue weighted by atomic mass is 10.2. The summed E-state index contributed by atoms with van der Waals surface area (Å²) in [5.74, 6) is -1.10. The minimum atomic E-state index is -0.951. The van der Waals surface area contributed by atoms with Crippen molar-refractivity contribution in [3.8, 4) is 0 Å². The lowest BCUT2D eigenvalue weighted by Crippen LogP contribution is -2.41. The monoisotopic (exact) mass is 323 g/mol. The van der Waals surface area contributed by atoms with Crippen LogP contribution in [0, 0.1) is 0 Å². The third-order valence-corrected chi connectivity index (χ3v) is 4.95. The van der Waals surface area contributed by atoms with E-state index in [1.165, 1.54) is 16.2 Å². The molecule has 0 aliphatic carbocycles. The lowest BCUT2D eigenvalue weighted by Gasteiger charge is -2.20. The minimum Gasteiger partial charge on any atom is -0.480 e. The molecule has 22 heavy (non-hydrogen) atoms. The second-order valence-corrected chi connectivity index (χ2v) is 6.37. The summed E-state index contributed by atoms with van der Waals surface area (Å²) in [7, 11) is 0. The van der Waals surface area contributed by atoms with Gasteiger partial charge in [-0.1, -0.05) is 0 Å². The molecule has 2 fully saturated rings. The first-order chi connectivity index (χ1) is 10.6. The molecule has 0 aromatic carbocycles. The number of rotatable bonds is 4. The van der Waals surface area contributed by atoms with Crippen molar-refractivity contribution < 1.29 is 19.5 Å². The fourth-order valence-electron chi connectivity index (χ4n) is 2.93. The minimum absolute atomic E-state index is 0.0673. The predicted molar refractivity (Wildman–Crippen MR) is 79.8 cm³/mol. The Bertz CT molecular complexity index is 615. The highest BCUT2D eigenvalue weighted by Gasteiger charge is 2.34. The standard InChI is InChI=1S/C14H17N3O4S/c18-11-4-2-6-17(11)14-15-9(8-22-14)7-12(19)16-5-1-3-10(16)13(20)21/h8,10H,1-7H2,(H,20,21)/t10-/m1/s1. The number of carbonyl (C=O) groups excluding carboxylic acids is 2. The zero-order valence-electron chi connectivity index (χ0n) is 12.0. The summed E-state index contributed by atoms with van der Waals surface area (Å²) >= 11 is 1.35. The van der Waals surface area contributed by atoms with Crippen LogP contribution < -0.4 is 4.90 Å². The van der Waals surface area contributed by atoms with Gasteiger partial charge in [-0.15, -0.1) is 11.3 Å². The molecule has 0 spiro atoms. The number of carbonyl (C=O) groups is 3. The molecule has 0 bridgehead atoms. The van der Waals surface area contributed by atoms with Crippen molar-refractivity contribution in [1.29, 1.82) is 0 Å². The summed E-state index contributed by atoms with van der Waals surface area (Å²) < 4.78 is 0. The van der Waals surface area contributed by atoms with Gasteiger partial charge in [0.25, 0.3) is 0 Å². The largest absolute Gasteiger partial charge is 0.480 e. The van der Waals surface area contributed by atoms with Gasteiger partial charge in [-0.3, -0.25) is 14.5 Å². The number of carboxylic acid groups (broad SMARTS) is 1. The average molecular weight is 323 g/mol. The average Bonchev–Trinajstić information content (AvgIpc) is 3.17. The van der Waals surface area contributed by atoms with E-state index in [0.29, 0.717) is 43.2 Å². The Hall–Kier alpha value is -1.96. The third-order valence-electron chi connectivity index (χ3n) is 4.03. The van der Waals surface area contributed by atoms with Crippen LogP contribution in [-0.2, 0) is 20.8 Å². The molecular weight excluding hydrogens is 306 g/mol. The summed E-state index contributed by atoms with van der Waals surface area (Å²) in [6.07, 6.45) is 2.68. The number of carboxylic acids is 1. The van der Waals surface area contributed by atoms with E-state index in [1.807, 2.05) is 0 Å². The van der Waals surface area contributed by atoms with Gasteiger partial charge in [-0.2, -0.15) is 0 Å². The molecule has 3 rings (SSSR count). The van der Waals surface area contributed by atoms with Crippen LogP contribution in [0.1, 0.15) is 31.4 Å². The summed E-state index contributed by atoms with van der Waals surface area (Å²) in [5.41, 5.74) is 0.598. The maximum atomic E-state index is 12.3. The molecule has 2 saturated heterocycles. The van der Waals surface area contributed by atoms with Gasteiger partial charge in [0.1, 0.15) is 6.04 Å². The number of thiazole rings is 1. The summed E-state index contributed by atoms with van der Waals surface area (Å²) in [4.78, 5) is 42.5. The van der Waals surface area contributed by atoms with E-state index in [1.54, 1.807) is 10.3 Å². The maximum Gasteiger partial charge on any atom is 0.326 e. The second-order valence-electron chi connectivity index (χ2n) is 5.53. The third kappa shape index (κ3) is 2.83. The lowest BCUT2D eigenvalue weighted by molar-refractivity contribution is -0.148. The SMILES string of the molecule is O=C(O)[C@H]1CCCN1C(=O)Cc1csc(N2CCCC2=O)n1. The number of aliphatic carboxylic acids is 1. The fourth-order valence-corrected chi connectivity index (χ4v) is 3.80. The Morgan fingerprint density at radius 3 is 2.86 bits per heavy atom. The fraction of sp³-hybridized carbons (Fsp3) is 0.571. The van der Waals surface area contributed by atoms with Crippen LogP contribution >= 0.6 is 11.3 Å². The molecule has 118 valence electrons. The number of nitrogens with zero attached hydrogens (tertiary/aromatic N) is 3. The molecule has 2 amide bonds. The molecule has 2 aliphatic rings. The highest BCUT2D eigenvalue weighted by Crippen LogP contribution is 2.26.